The third-order valence-electron chi connectivity index (χ3n) is 1.47. The molecule has 2 amide bonds. The molecular formula is C8H18N2O2. The van der Waals surface area contributed by atoms with Crippen LogP contribution in [-0.4, -0.2) is 30.3 Å². The molecule has 0 spiro atoms. The van der Waals surface area contributed by atoms with Crippen molar-refractivity contribution in [3.05, 3.63) is 0 Å². The molecule has 0 saturated heterocycles. The average molecular weight is 174 g/mol. The van der Waals surface area contributed by atoms with Gasteiger partial charge in [-0.15, -0.1) is 0 Å². The molecule has 1 atom stereocenters. The third-order valence-corrected chi connectivity index (χ3v) is 1.47. The van der Waals surface area contributed by atoms with Gasteiger partial charge in [0.2, 0.25) is 0 Å². The first-order chi connectivity index (χ1) is 5.70. The molecule has 0 aromatic carbocycles. The molecule has 0 aromatic rings. The highest BCUT2D eigenvalue weighted by molar-refractivity contribution is 5.74. The number of hydrogen-bond acceptors (Lipinski definition) is 2. The third kappa shape index (κ3) is 5.97. The van der Waals surface area contributed by atoms with Gasteiger partial charge in [-0.2, -0.15) is 0 Å². The number of carbonyl (C=O) groups excluding carboxylic acids is 1. The Hall–Kier alpha value is -0.770. The van der Waals surface area contributed by atoms with E-state index in [1.807, 2.05) is 0 Å². The fourth-order valence-electron chi connectivity index (χ4n) is 0.699. The number of amides is 2. The molecule has 3 N–H and O–H groups in total. The highest BCUT2D eigenvalue weighted by Gasteiger charge is 2.03. The lowest BCUT2D eigenvalue weighted by molar-refractivity contribution is 0.220. The van der Waals surface area contributed by atoms with Crippen molar-refractivity contribution in [3.63, 3.8) is 0 Å². The minimum atomic E-state index is -0.204. The number of unbranched alkanes of at least 4 members (excludes halogenated alkanes) is 1. The lowest BCUT2D eigenvalue weighted by Crippen LogP contribution is -2.42. The molecule has 0 fully saturated rings. The summed E-state index contributed by atoms with van der Waals surface area (Å²) in [5.74, 6) is 0. The van der Waals surface area contributed by atoms with Crippen LogP contribution in [0.3, 0.4) is 0 Å². The fourth-order valence-corrected chi connectivity index (χ4v) is 0.699. The van der Waals surface area contributed by atoms with E-state index in [1.54, 1.807) is 6.92 Å². The summed E-state index contributed by atoms with van der Waals surface area (Å²) in [6.45, 7) is 4.48. The first-order valence-electron chi connectivity index (χ1n) is 4.36. The van der Waals surface area contributed by atoms with Crippen LogP contribution in [-0.2, 0) is 0 Å². The summed E-state index contributed by atoms with van der Waals surface area (Å²) in [7, 11) is 0. The quantitative estimate of drug-likeness (QED) is 0.530. The average Bonchev–Trinajstić information content (AvgIpc) is 2.05. The Morgan fingerprint density at radius 1 is 1.58 bits per heavy atom. The Morgan fingerprint density at radius 3 is 2.75 bits per heavy atom. The van der Waals surface area contributed by atoms with Crippen LogP contribution in [0.2, 0.25) is 0 Å². The van der Waals surface area contributed by atoms with Gasteiger partial charge in [0.15, 0.2) is 0 Å². The van der Waals surface area contributed by atoms with Crippen LogP contribution in [0.1, 0.15) is 26.7 Å². The van der Waals surface area contributed by atoms with Gasteiger partial charge in [0.05, 0.1) is 12.6 Å². The van der Waals surface area contributed by atoms with Gasteiger partial charge in [0.1, 0.15) is 0 Å². The molecular weight excluding hydrogens is 156 g/mol. The van der Waals surface area contributed by atoms with Crippen LogP contribution in [0.25, 0.3) is 0 Å². The molecule has 0 aliphatic rings. The van der Waals surface area contributed by atoms with Gasteiger partial charge >= 0.3 is 6.03 Å². The van der Waals surface area contributed by atoms with Crippen molar-refractivity contribution in [1.82, 2.24) is 10.6 Å². The van der Waals surface area contributed by atoms with Crippen LogP contribution >= 0.6 is 0 Å². The molecule has 0 bridgehead atoms. The van der Waals surface area contributed by atoms with E-state index >= 15 is 0 Å². The zero-order valence-corrected chi connectivity index (χ0v) is 7.76. The highest BCUT2D eigenvalue weighted by atomic mass is 16.3. The monoisotopic (exact) mass is 174 g/mol. The molecule has 0 saturated carbocycles. The van der Waals surface area contributed by atoms with Crippen molar-refractivity contribution >= 4 is 6.03 Å². The molecule has 12 heavy (non-hydrogen) atoms. The molecule has 0 rings (SSSR count). The van der Waals surface area contributed by atoms with Crippen molar-refractivity contribution in [2.24, 2.45) is 0 Å². The van der Waals surface area contributed by atoms with Gasteiger partial charge in [0.25, 0.3) is 0 Å². The van der Waals surface area contributed by atoms with E-state index < -0.39 is 0 Å². The van der Waals surface area contributed by atoms with Crippen LogP contribution in [0.5, 0.6) is 0 Å². The molecule has 0 aliphatic heterocycles. The largest absolute Gasteiger partial charge is 0.394 e. The SMILES string of the molecule is CCCCNC(=O)N[C@@H](C)CO. The number of aliphatic hydroxyl groups is 1. The minimum absolute atomic E-state index is 0.0266. The van der Waals surface area contributed by atoms with Gasteiger partial charge in [-0.3, -0.25) is 0 Å². The maximum absolute atomic E-state index is 11.0. The number of urea groups is 1. The summed E-state index contributed by atoms with van der Waals surface area (Å²) in [6.07, 6.45) is 2.05. The van der Waals surface area contributed by atoms with Crippen LogP contribution in [0.4, 0.5) is 4.79 Å². The molecule has 0 aromatic heterocycles. The van der Waals surface area contributed by atoms with E-state index in [0.717, 1.165) is 12.8 Å². The predicted octanol–water partition coefficient (Wildman–Crippen LogP) is 0.466. The summed E-state index contributed by atoms with van der Waals surface area (Å²) >= 11 is 0. The topological polar surface area (TPSA) is 61.4 Å². The second kappa shape index (κ2) is 6.91. The van der Waals surface area contributed by atoms with Crippen LogP contribution < -0.4 is 10.6 Å². The lowest BCUT2D eigenvalue weighted by atomic mass is 10.3. The van der Waals surface area contributed by atoms with E-state index in [9.17, 15) is 4.79 Å². The van der Waals surface area contributed by atoms with Gasteiger partial charge < -0.3 is 15.7 Å². The molecule has 72 valence electrons. The minimum Gasteiger partial charge on any atom is -0.394 e. The van der Waals surface area contributed by atoms with E-state index in [-0.39, 0.29) is 18.7 Å². The summed E-state index contributed by atoms with van der Waals surface area (Å²) in [4.78, 5) is 11.0. The summed E-state index contributed by atoms with van der Waals surface area (Å²) < 4.78 is 0. The lowest BCUT2D eigenvalue weighted by Gasteiger charge is -2.11. The van der Waals surface area contributed by atoms with Crippen molar-refractivity contribution in [2.45, 2.75) is 32.7 Å². The number of rotatable bonds is 5. The molecule has 4 heteroatoms. The van der Waals surface area contributed by atoms with E-state index in [0.29, 0.717) is 6.54 Å². The Bertz CT molecular complexity index is 128. The van der Waals surface area contributed by atoms with E-state index in [2.05, 4.69) is 17.6 Å². The van der Waals surface area contributed by atoms with Gasteiger partial charge in [-0.1, -0.05) is 13.3 Å². The maximum Gasteiger partial charge on any atom is 0.315 e. The first-order valence-corrected chi connectivity index (χ1v) is 4.36. The Kier molecular flexibility index (Phi) is 6.47. The molecule has 0 unspecified atom stereocenters. The molecule has 0 aliphatic carbocycles. The highest BCUT2D eigenvalue weighted by Crippen LogP contribution is 1.83. The zero-order valence-electron chi connectivity index (χ0n) is 7.76. The predicted molar refractivity (Wildman–Crippen MR) is 48.0 cm³/mol. The zero-order chi connectivity index (χ0) is 9.40. The molecule has 4 nitrogen and oxygen atoms in total. The van der Waals surface area contributed by atoms with Crippen molar-refractivity contribution in [3.8, 4) is 0 Å². The normalized spacial score (nSPS) is 12.2. The van der Waals surface area contributed by atoms with Crippen molar-refractivity contribution in [1.29, 1.82) is 0 Å². The number of aliphatic hydroxyl groups excluding tert-OH is 1. The summed E-state index contributed by atoms with van der Waals surface area (Å²) in [5, 5.41) is 13.9. The second-order valence-corrected chi connectivity index (χ2v) is 2.84. The van der Waals surface area contributed by atoms with E-state index in [4.69, 9.17) is 5.11 Å². The van der Waals surface area contributed by atoms with Crippen molar-refractivity contribution < 1.29 is 9.90 Å². The summed E-state index contributed by atoms with van der Waals surface area (Å²) in [6, 6.07) is -0.378. The fraction of sp³-hybridized carbons (Fsp3) is 0.875. The van der Waals surface area contributed by atoms with Gasteiger partial charge in [0, 0.05) is 6.54 Å². The number of carbonyl (C=O) groups is 1. The smallest absolute Gasteiger partial charge is 0.315 e. The standard InChI is InChI=1S/C8H18N2O2/c1-3-4-5-9-8(12)10-7(2)6-11/h7,11H,3-6H2,1-2H3,(H2,9,10,12)/t7-/m0/s1. The van der Waals surface area contributed by atoms with Crippen LogP contribution in [0, 0.1) is 0 Å². The second-order valence-electron chi connectivity index (χ2n) is 2.84. The summed E-state index contributed by atoms with van der Waals surface area (Å²) in [5.41, 5.74) is 0. The van der Waals surface area contributed by atoms with Gasteiger partial charge in [-0.25, -0.2) is 4.79 Å². The maximum atomic E-state index is 11.0. The molecule has 0 radical (unpaired) electrons. The Labute approximate surface area is 73.3 Å². The van der Waals surface area contributed by atoms with Gasteiger partial charge in [-0.05, 0) is 13.3 Å². The molecule has 0 heterocycles. The first kappa shape index (κ1) is 11.2. The number of hydrogen-bond donors (Lipinski definition) is 3. The van der Waals surface area contributed by atoms with E-state index in [1.165, 1.54) is 0 Å². The number of nitrogens with one attached hydrogen (secondary N) is 2. The Balaban J connectivity index is 3.33. The Morgan fingerprint density at radius 2 is 2.25 bits per heavy atom. The van der Waals surface area contributed by atoms with Crippen LogP contribution in [0.15, 0.2) is 0 Å². The van der Waals surface area contributed by atoms with Crippen molar-refractivity contribution in [2.75, 3.05) is 13.2 Å².